The summed E-state index contributed by atoms with van der Waals surface area (Å²) in [6.07, 6.45) is 3.68. The van der Waals surface area contributed by atoms with Gasteiger partial charge in [-0.1, -0.05) is 25.3 Å². The zero-order valence-corrected chi connectivity index (χ0v) is 21.7. The number of alkyl halides is 3. The molecule has 0 spiro atoms. The van der Waals surface area contributed by atoms with Gasteiger partial charge in [-0.05, 0) is 61.6 Å². The highest BCUT2D eigenvalue weighted by Crippen LogP contribution is 2.34. The Morgan fingerprint density at radius 1 is 1.11 bits per heavy atom. The van der Waals surface area contributed by atoms with E-state index in [1.165, 1.54) is 19.1 Å². The summed E-state index contributed by atoms with van der Waals surface area (Å²) in [5.74, 6) is -2.74. The summed E-state index contributed by atoms with van der Waals surface area (Å²) in [5.41, 5.74) is -1.40. The van der Waals surface area contributed by atoms with E-state index in [0.29, 0.717) is 0 Å². The summed E-state index contributed by atoms with van der Waals surface area (Å²) in [6, 6.07) is 3.91. The van der Waals surface area contributed by atoms with Crippen LogP contribution in [0.4, 0.5) is 27.6 Å². The third-order valence-corrected chi connectivity index (χ3v) is 6.74. The molecular formula is C26H29F5N2O4S. The normalized spacial score (nSPS) is 15.9. The van der Waals surface area contributed by atoms with E-state index in [9.17, 15) is 35.2 Å². The van der Waals surface area contributed by atoms with E-state index in [-0.39, 0.29) is 29.4 Å². The predicted octanol–water partition coefficient (Wildman–Crippen LogP) is 6.20. The molecule has 0 saturated heterocycles. The lowest BCUT2D eigenvalue weighted by Gasteiger charge is -2.22. The monoisotopic (exact) mass is 560 g/mol. The maximum Gasteiger partial charge on any atom is 0.416 e. The SMILES string of the molecule is C[C@@H](NC(=O)C=Cc1ccc(C(F)(F)F)cc1OCC1CCCCC1)c1cc(F)c(NS(C)(=O)=O)c(F)c1. The Morgan fingerprint density at radius 3 is 2.32 bits per heavy atom. The van der Waals surface area contributed by atoms with E-state index in [4.69, 9.17) is 4.74 Å². The second-order valence-electron chi connectivity index (χ2n) is 9.36. The van der Waals surface area contributed by atoms with Crippen LogP contribution in [0.5, 0.6) is 5.75 Å². The number of halogens is 5. The first-order chi connectivity index (χ1) is 17.7. The van der Waals surface area contributed by atoms with Gasteiger partial charge in [0.15, 0.2) is 11.6 Å². The zero-order chi connectivity index (χ0) is 28.1. The number of nitrogens with one attached hydrogen (secondary N) is 2. The van der Waals surface area contributed by atoms with Crippen molar-refractivity contribution in [3.8, 4) is 5.75 Å². The van der Waals surface area contributed by atoms with E-state index in [1.807, 2.05) is 0 Å². The van der Waals surface area contributed by atoms with Gasteiger partial charge in [-0.3, -0.25) is 9.52 Å². The van der Waals surface area contributed by atoms with Crippen molar-refractivity contribution >= 4 is 27.7 Å². The summed E-state index contributed by atoms with van der Waals surface area (Å²) >= 11 is 0. The van der Waals surface area contributed by atoms with Crippen molar-refractivity contribution in [2.75, 3.05) is 17.6 Å². The Kier molecular flexibility index (Phi) is 9.40. The highest BCUT2D eigenvalue weighted by Gasteiger charge is 2.31. The molecule has 0 aliphatic heterocycles. The standard InChI is InChI=1S/C26H29F5N2O4S/c1-16(19-12-21(27)25(22(28)13-19)33-38(2,35)36)32-24(34)11-9-18-8-10-20(26(29,30)31)14-23(18)37-15-17-6-4-3-5-7-17/h8-14,16-17,33H,3-7,15H2,1-2H3,(H,32,34)/t16-/m1/s1. The number of carbonyl (C=O) groups is 1. The predicted molar refractivity (Wildman–Crippen MR) is 134 cm³/mol. The fourth-order valence-corrected chi connectivity index (χ4v) is 4.74. The van der Waals surface area contributed by atoms with E-state index in [0.717, 1.165) is 68.7 Å². The molecule has 0 unspecified atom stereocenters. The average Bonchev–Trinajstić information content (AvgIpc) is 2.83. The molecule has 208 valence electrons. The van der Waals surface area contributed by atoms with Gasteiger partial charge in [0.2, 0.25) is 15.9 Å². The van der Waals surface area contributed by atoms with Crippen molar-refractivity contribution in [3.63, 3.8) is 0 Å². The molecule has 2 aromatic rings. The van der Waals surface area contributed by atoms with Crippen LogP contribution in [0.3, 0.4) is 0 Å². The minimum absolute atomic E-state index is 0.000560. The smallest absolute Gasteiger partial charge is 0.416 e. The molecule has 3 rings (SSSR count). The van der Waals surface area contributed by atoms with Gasteiger partial charge in [0.05, 0.1) is 24.5 Å². The molecule has 2 N–H and O–H groups in total. The molecular weight excluding hydrogens is 531 g/mol. The fourth-order valence-electron chi connectivity index (χ4n) is 4.17. The first kappa shape index (κ1) is 29.4. The van der Waals surface area contributed by atoms with Gasteiger partial charge in [-0.2, -0.15) is 13.2 Å². The Hall–Kier alpha value is -3.15. The maximum atomic E-state index is 14.3. The van der Waals surface area contributed by atoms with E-state index < -0.39 is 51.0 Å². The van der Waals surface area contributed by atoms with Crippen LogP contribution in [0, 0.1) is 17.6 Å². The Morgan fingerprint density at radius 2 is 1.74 bits per heavy atom. The van der Waals surface area contributed by atoms with Crippen LogP contribution in [-0.4, -0.2) is 27.2 Å². The van der Waals surface area contributed by atoms with Crippen molar-refractivity contribution in [2.24, 2.45) is 5.92 Å². The van der Waals surface area contributed by atoms with Gasteiger partial charge in [0.1, 0.15) is 11.4 Å². The number of amides is 1. The molecule has 1 fully saturated rings. The Balaban J connectivity index is 1.73. The first-order valence-electron chi connectivity index (χ1n) is 12.0. The molecule has 1 aliphatic rings. The second kappa shape index (κ2) is 12.1. The van der Waals surface area contributed by atoms with Crippen molar-refractivity contribution in [2.45, 2.75) is 51.2 Å². The van der Waals surface area contributed by atoms with Crippen molar-refractivity contribution in [3.05, 3.63) is 64.7 Å². The van der Waals surface area contributed by atoms with Gasteiger partial charge >= 0.3 is 6.18 Å². The highest BCUT2D eigenvalue weighted by molar-refractivity contribution is 7.92. The molecule has 1 aliphatic carbocycles. The van der Waals surface area contributed by atoms with Crippen LogP contribution in [0.15, 0.2) is 36.4 Å². The van der Waals surface area contributed by atoms with E-state index >= 15 is 0 Å². The topological polar surface area (TPSA) is 84.5 Å². The third-order valence-electron chi connectivity index (χ3n) is 6.17. The molecule has 2 aromatic carbocycles. The minimum Gasteiger partial charge on any atom is -0.493 e. The summed E-state index contributed by atoms with van der Waals surface area (Å²) in [5, 5.41) is 2.51. The number of rotatable bonds is 9. The molecule has 1 amide bonds. The van der Waals surface area contributed by atoms with Gasteiger partial charge in [-0.25, -0.2) is 17.2 Å². The van der Waals surface area contributed by atoms with Gasteiger partial charge in [0, 0.05) is 11.6 Å². The first-order valence-corrected chi connectivity index (χ1v) is 13.9. The largest absolute Gasteiger partial charge is 0.493 e. The van der Waals surface area contributed by atoms with E-state index in [2.05, 4.69) is 5.32 Å². The number of ether oxygens (including phenoxy) is 1. The lowest BCUT2D eigenvalue weighted by Crippen LogP contribution is -2.25. The van der Waals surface area contributed by atoms with Crippen molar-refractivity contribution in [1.82, 2.24) is 5.32 Å². The lowest BCUT2D eigenvalue weighted by molar-refractivity contribution is -0.137. The third kappa shape index (κ3) is 8.44. The van der Waals surface area contributed by atoms with Crippen molar-refractivity contribution < 1.29 is 39.9 Å². The molecule has 6 nitrogen and oxygen atoms in total. The van der Waals surface area contributed by atoms with Crippen LogP contribution in [0.1, 0.15) is 61.8 Å². The second-order valence-corrected chi connectivity index (χ2v) is 11.1. The highest BCUT2D eigenvalue weighted by atomic mass is 32.2. The summed E-state index contributed by atoms with van der Waals surface area (Å²) in [7, 11) is -3.91. The minimum atomic E-state index is -4.56. The Labute approximate surface area is 218 Å². The molecule has 1 atom stereocenters. The Bertz CT molecular complexity index is 1270. The molecule has 0 radical (unpaired) electrons. The van der Waals surface area contributed by atoms with Gasteiger partial charge < -0.3 is 10.1 Å². The van der Waals surface area contributed by atoms with Gasteiger partial charge in [-0.15, -0.1) is 0 Å². The number of benzene rings is 2. The summed E-state index contributed by atoms with van der Waals surface area (Å²) in [4.78, 5) is 12.5. The van der Waals surface area contributed by atoms with Crippen LogP contribution < -0.4 is 14.8 Å². The van der Waals surface area contributed by atoms with Gasteiger partial charge in [0.25, 0.3) is 0 Å². The molecule has 0 bridgehead atoms. The maximum absolute atomic E-state index is 14.3. The van der Waals surface area contributed by atoms with Crippen LogP contribution in [0.25, 0.3) is 6.08 Å². The van der Waals surface area contributed by atoms with Crippen LogP contribution >= 0.6 is 0 Å². The quantitative estimate of drug-likeness (QED) is 0.282. The lowest BCUT2D eigenvalue weighted by atomic mass is 9.90. The summed E-state index contributed by atoms with van der Waals surface area (Å²) in [6.45, 7) is 1.73. The van der Waals surface area contributed by atoms with Crippen molar-refractivity contribution in [1.29, 1.82) is 0 Å². The summed E-state index contributed by atoms with van der Waals surface area (Å²) < 4.78 is 98.4. The van der Waals surface area contributed by atoms with E-state index in [1.54, 1.807) is 4.72 Å². The number of hydrogen-bond donors (Lipinski definition) is 2. The fraction of sp³-hybridized carbons (Fsp3) is 0.423. The molecule has 12 heteroatoms. The molecule has 0 heterocycles. The molecule has 38 heavy (non-hydrogen) atoms. The number of carbonyl (C=O) groups excluding carboxylic acids is 1. The molecule has 1 saturated carbocycles. The number of hydrogen-bond acceptors (Lipinski definition) is 4. The zero-order valence-electron chi connectivity index (χ0n) is 20.9. The number of anilines is 1. The number of sulfonamides is 1. The average molecular weight is 561 g/mol. The van der Waals surface area contributed by atoms with Crippen LogP contribution in [-0.2, 0) is 21.0 Å². The molecule has 0 aromatic heterocycles. The van der Waals surface area contributed by atoms with Crippen LogP contribution in [0.2, 0.25) is 0 Å².